The molecule has 12 heavy (non-hydrogen) atoms. The second-order valence-electron chi connectivity index (χ2n) is 2.49. The minimum absolute atomic E-state index is 0.302. The maximum absolute atomic E-state index is 5.86. The molecule has 0 saturated carbocycles. The Balaban J connectivity index is 2.34. The monoisotopic (exact) mass is 203 g/mol. The summed E-state index contributed by atoms with van der Waals surface area (Å²) in [6.45, 7) is 0. The lowest BCUT2D eigenvalue weighted by molar-refractivity contribution is 0.891. The van der Waals surface area contributed by atoms with Crippen molar-refractivity contribution in [1.82, 2.24) is 4.98 Å². The van der Waals surface area contributed by atoms with Gasteiger partial charge in [0.15, 0.2) is 5.82 Å². The highest BCUT2D eigenvalue weighted by atomic mass is 35.5. The zero-order valence-electron chi connectivity index (χ0n) is 6.09. The molecular weight excluding hydrogens is 197 g/mol. The summed E-state index contributed by atoms with van der Waals surface area (Å²) in [5.41, 5.74) is 0.256. The lowest BCUT2D eigenvalue weighted by atomic mass is 10.3. The molecule has 0 radical (unpaired) electrons. The predicted octanol–water partition coefficient (Wildman–Crippen LogP) is 2.05. The van der Waals surface area contributed by atoms with Crippen LogP contribution in [0.15, 0.2) is 18.3 Å². The summed E-state index contributed by atoms with van der Waals surface area (Å²) in [5, 5.41) is 5.99. The molecule has 0 spiro atoms. The summed E-state index contributed by atoms with van der Waals surface area (Å²) < 4.78 is 0. The number of anilines is 2. The molecule has 1 aliphatic heterocycles. The Kier molecular flexibility index (Phi) is 1.98. The van der Waals surface area contributed by atoms with Crippen LogP contribution in [0.5, 0.6) is 0 Å². The molecule has 2 heterocycles. The number of hydrogen-bond donors (Lipinski definition) is 2. The van der Waals surface area contributed by atoms with E-state index in [9.17, 15) is 0 Å². The first-order valence-corrected chi connectivity index (χ1v) is 4.41. The third kappa shape index (κ3) is 1.30. The Morgan fingerprint density at radius 3 is 2.83 bits per heavy atom. The third-order valence-corrected chi connectivity index (χ3v) is 2.48. The van der Waals surface area contributed by atoms with Crippen LogP contribution >= 0.6 is 23.2 Å². The summed E-state index contributed by atoms with van der Waals surface area (Å²) >= 11 is 11.7. The molecule has 0 aromatic carbocycles. The summed E-state index contributed by atoms with van der Waals surface area (Å²) in [5.74, 6) is 0.745. The standard InChI is InChI=1S/C7H7Cl2N3/c8-5-6(9)12-7-4(11-5)2-1-3-10-7/h1-3,5-6,11H,(H,10,12). The number of halogens is 2. The summed E-state index contributed by atoms with van der Waals surface area (Å²) in [7, 11) is 0. The van der Waals surface area contributed by atoms with Crippen molar-refractivity contribution in [3.05, 3.63) is 18.3 Å². The van der Waals surface area contributed by atoms with Gasteiger partial charge in [-0.25, -0.2) is 4.98 Å². The number of nitrogens with one attached hydrogen (secondary N) is 2. The van der Waals surface area contributed by atoms with Crippen molar-refractivity contribution in [2.24, 2.45) is 0 Å². The molecule has 3 nitrogen and oxygen atoms in total. The average molecular weight is 204 g/mol. The van der Waals surface area contributed by atoms with Gasteiger partial charge in [-0.2, -0.15) is 0 Å². The van der Waals surface area contributed by atoms with Crippen molar-refractivity contribution in [3.63, 3.8) is 0 Å². The molecule has 2 N–H and O–H groups in total. The van der Waals surface area contributed by atoms with Crippen LogP contribution in [-0.4, -0.2) is 16.0 Å². The molecule has 1 aromatic heterocycles. The van der Waals surface area contributed by atoms with Gasteiger partial charge in [0, 0.05) is 6.20 Å². The fourth-order valence-corrected chi connectivity index (χ4v) is 1.41. The number of pyridine rings is 1. The second-order valence-corrected chi connectivity index (χ2v) is 3.43. The lowest BCUT2D eigenvalue weighted by Gasteiger charge is -2.27. The number of rotatable bonds is 0. The summed E-state index contributed by atoms with van der Waals surface area (Å²) in [6.07, 6.45) is 1.70. The summed E-state index contributed by atoms with van der Waals surface area (Å²) in [4.78, 5) is 4.09. The maximum Gasteiger partial charge on any atom is 0.150 e. The predicted molar refractivity (Wildman–Crippen MR) is 50.8 cm³/mol. The van der Waals surface area contributed by atoms with Crippen molar-refractivity contribution in [3.8, 4) is 0 Å². The van der Waals surface area contributed by atoms with Gasteiger partial charge < -0.3 is 10.6 Å². The maximum atomic E-state index is 5.86. The molecular formula is C7H7Cl2N3. The average Bonchev–Trinajstić information content (AvgIpc) is 2.07. The van der Waals surface area contributed by atoms with Crippen LogP contribution in [0, 0.1) is 0 Å². The third-order valence-electron chi connectivity index (χ3n) is 1.63. The topological polar surface area (TPSA) is 37.0 Å². The fraction of sp³-hybridized carbons (Fsp3) is 0.286. The Morgan fingerprint density at radius 1 is 1.25 bits per heavy atom. The number of nitrogens with zero attached hydrogens (tertiary/aromatic N) is 1. The van der Waals surface area contributed by atoms with E-state index in [1.807, 2.05) is 12.1 Å². The molecule has 2 unspecified atom stereocenters. The van der Waals surface area contributed by atoms with Crippen LogP contribution in [0.4, 0.5) is 11.5 Å². The van der Waals surface area contributed by atoms with Gasteiger partial charge in [0.05, 0.1) is 5.69 Å². The van der Waals surface area contributed by atoms with Crippen molar-refractivity contribution in [2.75, 3.05) is 10.6 Å². The van der Waals surface area contributed by atoms with Crippen molar-refractivity contribution in [2.45, 2.75) is 11.0 Å². The van der Waals surface area contributed by atoms with E-state index in [0.29, 0.717) is 0 Å². The van der Waals surface area contributed by atoms with Crippen LogP contribution in [0.3, 0.4) is 0 Å². The van der Waals surface area contributed by atoms with Crippen molar-refractivity contribution >= 4 is 34.7 Å². The molecule has 1 aliphatic rings. The number of aromatic nitrogens is 1. The van der Waals surface area contributed by atoms with E-state index >= 15 is 0 Å². The Morgan fingerprint density at radius 2 is 2.00 bits per heavy atom. The summed E-state index contributed by atoms with van der Waals surface area (Å²) in [6, 6.07) is 3.74. The van der Waals surface area contributed by atoms with Crippen LogP contribution in [0.2, 0.25) is 0 Å². The van der Waals surface area contributed by atoms with Gasteiger partial charge in [-0.3, -0.25) is 0 Å². The van der Waals surface area contributed by atoms with Crippen molar-refractivity contribution < 1.29 is 0 Å². The smallest absolute Gasteiger partial charge is 0.150 e. The normalized spacial score (nSPS) is 26.8. The lowest BCUT2D eigenvalue weighted by Crippen LogP contribution is -2.35. The molecule has 5 heteroatoms. The van der Waals surface area contributed by atoms with E-state index in [2.05, 4.69) is 15.6 Å². The highest BCUT2D eigenvalue weighted by Crippen LogP contribution is 2.28. The van der Waals surface area contributed by atoms with E-state index in [1.165, 1.54) is 0 Å². The highest BCUT2D eigenvalue weighted by molar-refractivity contribution is 6.32. The van der Waals surface area contributed by atoms with Crippen LogP contribution < -0.4 is 10.6 Å². The minimum Gasteiger partial charge on any atom is -0.364 e. The van der Waals surface area contributed by atoms with E-state index < -0.39 is 0 Å². The molecule has 0 saturated heterocycles. The molecule has 64 valence electrons. The Hall–Kier alpha value is -0.670. The van der Waals surface area contributed by atoms with E-state index in [0.717, 1.165) is 11.5 Å². The highest BCUT2D eigenvalue weighted by Gasteiger charge is 2.23. The van der Waals surface area contributed by atoms with Crippen molar-refractivity contribution in [1.29, 1.82) is 0 Å². The molecule has 1 aromatic rings. The molecule has 0 aliphatic carbocycles. The van der Waals surface area contributed by atoms with Gasteiger partial charge >= 0.3 is 0 Å². The first kappa shape index (κ1) is 7.95. The fourth-order valence-electron chi connectivity index (χ4n) is 1.06. The molecule has 2 rings (SSSR count). The Bertz CT molecular complexity index is 263. The number of fused-ring (bicyclic) bond motifs is 1. The van der Waals surface area contributed by atoms with Crippen LogP contribution in [0.25, 0.3) is 0 Å². The van der Waals surface area contributed by atoms with Crippen LogP contribution in [-0.2, 0) is 0 Å². The van der Waals surface area contributed by atoms with Gasteiger partial charge in [-0.1, -0.05) is 23.2 Å². The van der Waals surface area contributed by atoms with Gasteiger partial charge in [0.1, 0.15) is 11.0 Å². The van der Waals surface area contributed by atoms with Crippen LogP contribution in [0.1, 0.15) is 0 Å². The zero-order valence-corrected chi connectivity index (χ0v) is 7.60. The molecule has 0 amide bonds. The van der Waals surface area contributed by atoms with E-state index in [4.69, 9.17) is 23.2 Å². The number of alkyl halides is 2. The number of hydrogen-bond acceptors (Lipinski definition) is 3. The molecule has 0 bridgehead atoms. The van der Waals surface area contributed by atoms with E-state index in [1.54, 1.807) is 6.20 Å². The van der Waals surface area contributed by atoms with E-state index in [-0.39, 0.29) is 11.0 Å². The first-order chi connectivity index (χ1) is 5.77. The van der Waals surface area contributed by atoms with Gasteiger partial charge in [-0.15, -0.1) is 0 Å². The second kappa shape index (κ2) is 2.99. The SMILES string of the molecule is ClC1Nc2cccnc2NC1Cl. The minimum atomic E-state index is -0.325. The largest absolute Gasteiger partial charge is 0.364 e. The van der Waals surface area contributed by atoms with Gasteiger partial charge in [0.2, 0.25) is 0 Å². The zero-order chi connectivity index (χ0) is 8.55. The Labute approximate surface area is 80.1 Å². The first-order valence-electron chi connectivity index (χ1n) is 3.53. The molecule has 0 fully saturated rings. The quantitative estimate of drug-likeness (QED) is 0.501. The van der Waals surface area contributed by atoms with Gasteiger partial charge in [-0.05, 0) is 12.1 Å². The molecule has 2 atom stereocenters. The van der Waals surface area contributed by atoms with Gasteiger partial charge in [0.25, 0.3) is 0 Å².